The first-order valence-corrected chi connectivity index (χ1v) is 5.99. The molecule has 2 unspecified atom stereocenters. The van der Waals surface area contributed by atoms with Gasteiger partial charge >= 0.3 is 0 Å². The predicted molar refractivity (Wildman–Crippen MR) is 63.8 cm³/mol. The van der Waals surface area contributed by atoms with Crippen LogP contribution in [0.1, 0.15) is 37.4 Å². The van der Waals surface area contributed by atoms with Crippen LogP contribution in [-0.4, -0.2) is 10.6 Å². The van der Waals surface area contributed by atoms with E-state index in [0.29, 0.717) is 6.04 Å². The molecule has 1 N–H and O–H groups in total. The van der Waals surface area contributed by atoms with Gasteiger partial charge in [-0.25, -0.2) is 0 Å². The summed E-state index contributed by atoms with van der Waals surface area (Å²) in [5.74, 6) is 0.791. The number of aromatic nitrogens is 1. The van der Waals surface area contributed by atoms with E-state index in [1.165, 1.54) is 24.8 Å². The number of hydrogen-bond acceptors (Lipinski definition) is 2. The van der Waals surface area contributed by atoms with Gasteiger partial charge in [-0.1, -0.05) is 13.3 Å². The minimum absolute atomic E-state index is 0.658. The van der Waals surface area contributed by atoms with Crippen molar-refractivity contribution in [1.82, 2.24) is 9.88 Å². The van der Waals surface area contributed by atoms with Gasteiger partial charge < -0.3 is 9.88 Å². The van der Waals surface area contributed by atoms with E-state index in [1.807, 2.05) is 23.9 Å². The first kappa shape index (κ1) is 11.2. The van der Waals surface area contributed by atoms with Crippen LogP contribution in [0.25, 0.3) is 0 Å². The largest absolute Gasteiger partial charge is 0.342 e. The van der Waals surface area contributed by atoms with Crippen molar-refractivity contribution in [3.05, 3.63) is 23.5 Å². The summed E-state index contributed by atoms with van der Waals surface area (Å²) in [4.78, 5) is 0. The van der Waals surface area contributed by atoms with Crippen LogP contribution >= 0.6 is 0 Å². The molecule has 0 amide bonds. The van der Waals surface area contributed by atoms with Gasteiger partial charge in [0.2, 0.25) is 0 Å². The standard InChI is InChI=1S/C13H19N3/c1-10-4-3-5-13(10)15-8-11-6-12(7-14)16(2)9-11/h6,9-10,13,15H,3-5,8H2,1-2H3. The van der Waals surface area contributed by atoms with Crippen LogP contribution in [0.2, 0.25) is 0 Å². The Bertz CT molecular complexity index is 400. The molecule has 2 atom stereocenters. The molecule has 1 heterocycles. The maximum Gasteiger partial charge on any atom is 0.120 e. The van der Waals surface area contributed by atoms with Crippen molar-refractivity contribution in [2.24, 2.45) is 13.0 Å². The highest BCUT2D eigenvalue weighted by atomic mass is 15.0. The Morgan fingerprint density at radius 3 is 2.94 bits per heavy atom. The van der Waals surface area contributed by atoms with E-state index in [-0.39, 0.29) is 0 Å². The van der Waals surface area contributed by atoms with Gasteiger partial charge in [-0.3, -0.25) is 0 Å². The minimum atomic E-state index is 0.658. The molecule has 0 spiro atoms. The molecule has 1 aromatic rings. The molecule has 1 aromatic heterocycles. The summed E-state index contributed by atoms with van der Waals surface area (Å²) < 4.78 is 1.88. The summed E-state index contributed by atoms with van der Waals surface area (Å²) in [6.45, 7) is 3.20. The first-order chi connectivity index (χ1) is 7.70. The zero-order valence-corrected chi connectivity index (χ0v) is 10.0. The summed E-state index contributed by atoms with van der Waals surface area (Å²) in [6, 6.07) is 4.81. The van der Waals surface area contributed by atoms with Crippen LogP contribution in [0.4, 0.5) is 0 Å². The number of nitriles is 1. The lowest BCUT2D eigenvalue weighted by Crippen LogP contribution is -2.30. The Labute approximate surface area is 97.1 Å². The van der Waals surface area contributed by atoms with Gasteiger partial charge in [-0.2, -0.15) is 5.26 Å². The molecular weight excluding hydrogens is 198 g/mol. The quantitative estimate of drug-likeness (QED) is 0.843. The second-order valence-corrected chi connectivity index (χ2v) is 4.85. The summed E-state index contributed by atoms with van der Waals surface area (Å²) >= 11 is 0. The van der Waals surface area contributed by atoms with E-state index in [2.05, 4.69) is 18.3 Å². The number of nitrogens with one attached hydrogen (secondary N) is 1. The topological polar surface area (TPSA) is 40.8 Å². The minimum Gasteiger partial charge on any atom is -0.342 e. The van der Waals surface area contributed by atoms with E-state index in [9.17, 15) is 0 Å². The monoisotopic (exact) mass is 217 g/mol. The highest BCUT2D eigenvalue weighted by molar-refractivity contribution is 5.28. The Morgan fingerprint density at radius 1 is 1.56 bits per heavy atom. The van der Waals surface area contributed by atoms with Crippen LogP contribution in [-0.2, 0) is 13.6 Å². The van der Waals surface area contributed by atoms with Crippen molar-refractivity contribution in [3.8, 4) is 6.07 Å². The molecular formula is C13H19N3. The zero-order chi connectivity index (χ0) is 11.5. The van der Waals surface area contributed by atoms with Gasteiger partial charge in [0.1, 0.15) is 11.8 Å². The second-order valence-electron chi connectivity index (χ2n) is 4.85. The van der Waals surface area contributed by atoms with Gasteiger partial charge in [0.25, 0.3) is 0 Å². The highest BCUT2D eigenvalue weighted by Crippen LogP contribution is 2.25. The normalized spacial score (nSPS) is 24.6. The first-order valence-electron chi connectivity index (χ1n) is 5.99. The molecule has 3 nitrogen and oxygen atoms in total. The summed E-state index contributed by atoms with van der Waals surface area (Å²) in [5, 5.41) is 12.5. The van der Waals surface area contributed by atoms with Crippen LogP contribution in [0.3, 0.4) is 0 Å². The second kappa shape index (κ2) is 4.71. The number of aryl methyl sites for hydroxylation is 1. The Balaban J connectivity index is 1.92. The molecule has 3 heteroatoms. The zero-order valence-electron chi connectivity index (χ0n) is 10.0. The SMILES string of the molecule is CC1CCCC1NCc1cc(C#N)n(C)c1. The smallest absolute Gasteiger partial charge is 0.120 e. The van der Waals surface area contributed by atoms with Crippen molar-refractivity contribution in [2.45, 2.75) is 38.8 Å². The third-order valence-corrected chi connectivity index (χ3v) is 3.61. The summed E-state index contributed by atoms with van der Waals surface area (Å²) in [5.41, 5.74) is 1.94. The molecule has 1 aliphatic rings. The maximum atomic E-state index is 8.86. The van der Waals surface area contributed by atoms with Gasteiger partial charge in [0.05, 0.1) is 0 Å². The third kappa shape index (κ3) is 2.28. The molecule has 2 rings (SSSR count). The Kier molecular flexibility index (Phi) is 3.31. The molecule has 0 aliphatic heterocycles. The van der Waals surface area contributed by atoms with Gasteiger partial charge in [-0.15, -0.1) is 0 Å². The lowest BCUT2D eigenvalue weighted by molar-refractivity contribution is 0.426. The van der Waals surface area contributed by atoms with E-state index in [4.69, 9.17) is 5.26 Å². The lowest BCUT2D eigenvalue weighted by Gasteiger charge is -2.16. The molecule has 1 aliphatic carbocycles. The number of nitrogens with zero attached hydrogens (tertiary/aromatic N) is 2. The van der Waals surface area contributed by atoms with E-state index < -0.39 is 0 Å². The number of hydrogen-bond donors (Lipinski definition) is 1. The van der Waals surface area contributed by atoms with Crippen molar-refractivity contribution in [1.29, 1.82) is 5.26 Å². The molecule has 0 radical (unpaired) electrons. The van der Waals surface area contributed by atoms with Crippen LogP contribution in [0.5, 0.6) is 0 Å². The van der Waals surface area contributed by atoms with Crippen LogP contribution in [0.15, 0.2) is 12.3 Å². The van der Waals surface area contributed by atoms with Crippen LogP contribution < -0.4 is 5.32 Å². The molecule has 1 saturated carbocycles. The Hall–Kier alpha value is -1.27. The van der Waals surface area contributed by atoms with Gasteiger partial charge in [0.15, 0.2) is 0 Å². The molecule has 86 valence electrons. The third-order valence-electron chi connectivity index (χ3n) is 3.61. The average Bonchev–Trinajstić information content (AvgIpc) is 2.82. The van der Waals surface area contributed by atoms with E-state index in [1.54, 1.807) is 0 Å². The lowest BCUT2D eigenvalue weighted by atomic mass is 10.1. The van der Waals surface area contributed by atoms with Crippen LogP contribution in [0, 0.1) is 17.2 Å². The molecule has 16 heavy (non-hydrogen) atoms. The summed E-state index contributed by atoms with van der Waals surface area (Å²) in [6.07, 6.45) is 6.01. The van der Waals surface area contributed by atoms with Crippen molar-refractivity contribution >= 4 is 0 Å². The van der Waals surface area contributed by atoms with Gasteiger partial charge in [0, 0.05) is 25.8 Å². The fourth-order valence-electron chi connectivity index (χ4n) is 2.54. The fraction of sp³-hybridized carbons (Fsp3) is 0.615. The van der Waals surface area contributed by atoms with Gasteiger partial charge in [-0.05, 0) is 30.4 Å². The molecule has 0 bridgehead atoms. The predicted octanol–water partition coefficient (Wildman–Crippen LogP) is 2.17. The maximum absolute atomic E-state index is 8.86. The summed E-state index contributed by atoms with van der Waals surface area (Å²) in [7, 11) is 1.92. The molecule has 0 aromatic carbocycles. The van der Waals surface area contributed by atoms with E-state index in [0.717, 1.165) is 18.2 Å². The average molecular weight is 217 g/mol. The fourth-order valence-corrected chi connectivity index (χ4v) is 2.54. The number of rotatable bonds is 3. The molecule has 1 fully saturated rings. The van der Waals surface area contributed by atoms with Crippen molar-refractivity contribution < 1.29 is 0 Å². The highest BCUT2D eigenvalue weighted by Gasteiger charge is 2.22. The Morgan fingerprint density at radius 2 is 2.38 bits per heavy atom. The van der Waals surface area contributed by atoms with Crippen molar-refractivity contribution in [3.63, 3.8) is 0 Å². The molecule has 0 saturated heterocycles. The van der Waals surface area contributed by atoms with E-state index >= 15 is 0 Å². The van der Waals surface area contributed by atoms with Crippen molar-refractivity contribution in [2.75, 3.05) is 0 Å².